The zero-order valence-corrected chi connectivity index (χ0v) is 17.7. The summed E-state index contributed by atoms with van der Waals surface area (Å²) in [6.07, 6.45) is 4.11. The number of carbonyl (C=O) groups excluding carboxylic acids is 3. The van der Waals surface area contributed by atoms with Crippen molar-refractivity contribution in [2.75, 3.05) is 44.6 Å². The second-order valence-electron chi connectivity index (χ2n) is 7.51. The molecule has 0 radical (unpaired) electrons. The summed E-state index contributed by atoms with van der Waals surface area (Å²) in [6.45, 7) is 7.39. The molecule has 0 aromatic heterocycles. The molecule has 2 N–H and O–H groups in total. The van der Waals surface area contributed by atoms with Crippen molar-refractivity contribution in [3.05, 3.63) is 29.8 Å². The number of hydrogen-bond donors (Lipinski definition) is 2. The van der Waals surface area contributed by atoms with Crippen LogP contribution in [0.2, 0.25) is 0 Å². The van der Waals surface area contributed by atoms with Gasteiger partial charge in [0.25, 0.3) is 0 Å². The molecule has 160 valence electrons. The number of piperazine rings is 1. The fourth-order valence-electron chi connectivity index (χ4n) is 3.50. The molecular formula is C22H34N4O3. The van der Waals surface area contributed by atoms with Crippen molar-refractivity contribution in [3.8, 4) is 0 Å². The van der Waals surface area contributed by atoms with Crippen LogP contribution in [0.1, 0.15) is 45.1 Å². The van der Waals surface area contributed by atoms with E-state index in [9.17, 15) is 14.4 Å². The van der Waals surface area contributed by atoms with Crippen LogP contribution < -0.4 is 10.6 Å². The first-order chi connectivity index (χ1) is 14.0. The van der Waals surface area contributed by atoms with Crippen molar-refractivity contribution in [2.24, 2.45) is 0 Å². The van der Waals surface area contributed by atoms with E-state index in [0.29, 0.717) is 32.6 Å². The molecule has 3 amide bonds. The molecule has 7 nitrogen and oxygen atoms in total. The minimum absolute atomic E-state index is 0.00940. The molecule has 0 unspecified atom stereocenters. The number of hydrogen-bond acceptors (Lipinski definition) is 4. The standard InChI is InChI=1S/C22H34N4O3/c1-3-19-9-6-7-10-20(19)24-21(28)17-25-13-15-26(16-14-25)22(29)11-5-4-8-12-23-18(2)27/h6-7,9-10H,3-5,8,11-17H2,1-2H3,(H,23,27)(H,24,28). The minimum atomic E-state index is -0.0119. The van der Waals surface area contributed by atoms with Crippen molar-refractivity contribution >= 4 is 23.4 Å². The average Bonchev–Trinajstić information content (AvgIpc) is 2.71. The summed E-state index contributed by atoms with van der Waals surface area (Å²) in [6, 6.07) is 7.87. The van der Waals surface area contributed by atoms with Gasteiger partial charge in [0.05, 0.1) is 6.54 Å². The predicted octanol–water partition coefficient (Wildman–Crippen LogP) is 2.03. The SMILES string of the molecule is CCc1ccccc1NC(=O)CN1CCN(C(=O)CCCCCNC(C)=O)CC1. The highest BCUT2D eigenvalue weighted by atomic mass is 16.2. The highest BCUT2D eigenvalue weighted by molar-refractivity contribution is 5.93. The lowest BCUT2D eigenvalue weighted by atomic mass is 10.1. The molecule has 1 aromatic rings. The van der Waals surface area contributed by atoms with Crippen molar-refractivity contribution in [1.82, 2.24) is 15.1 Å². The Hall–Kier alpha value is -2.41. The number of anilines is 1. The number of nitrogens with one attached hydrogen (secondary N) is 2. The lowest BCUT2D eigenvalue weighted by molar-refractivity contribution is -0.133. The Kier molecular flexibility index (Phi) is 9.64. The third-order valence-corrected chi connectivity index (χ3v) is 5.21. The van der Waals surface area contributed by atoms with E-state index in [2.05, 4.69) is 22.5 Å². The van der Waals surface area contributed by atoms with Crippen LogP contribution >= 0.6 is 0 Å². The second kappa shape index (κ2) is 12.2. The largest absolute Gasteiger partial charge is 0.356 e. The van der Waals surface area contributed by atoms with Crippen LogP contribution in [0.25, 0.3) is 0 Å². The fourth-order valence-corrected chi connectivity index (χ4v) is 3.50. The molecule has 0 bridgehead atoms. The molecule has 1 saturated heterocycles. The number of aryl methyl sites for hydroxylation is 1. The Morgan fingerprint density at radius 1 is 1.00 bits per heavy atom. The van der Waals surface area contributed by atoms with E-state index in [1.807, 2.05) is 29.2 Å². The molecular weight excluding hydrogens is 368 g/mol. The predicted molar refractivity (Wildman–Crippen MR) is 115 cm³/mol. The molecule has 1 aliphatic rings. The van der Waals surface area contributed by atoms with Gasteiger partial charge in [-0.2, -0.15) is 0 Å². The van der Waals surface area contributed by atoms with Crippen molar-refractivity contribution in [2.45, 2.75) is 46.0 Å². The maximum Gasteiger partial charge on any atom is 0.238 e. The van der Waals surface area contributed by atoms with Gasteiger partial charge in [-0.25, -0.2) is 0 Å². The molecule has 7 heteroatoms. The Morgan fingerprint density at radius 2 is 1.72 bits per heavy atom. The van der Waals surface area contributed by atoms with Gasteiger partial charge < -0.3 is 15.5 Å². The highest BCUT2D eigenvalue weighted by Gasteiger charge is 2.22. The molecule has 1 fully saturated rings. The van der Waals surface area contributed by atoms with Crippen LogP contribution in [0.15, 0.2) is 24.3 Å². The van der Waals surface area contributed by atoms with Gasteiger partial charge in [-0.3, -0.25) is 19.3 Å². The van der Waals surface area contributed by atoms with Crippen LogP contribution in [-0.2, 0) is 20.8 Å². The Labute approximate surface area is 173 Å². The monoisotopic (exact) mass is 402 g/mol. The maximum absolute atomic E-state index is 12.4. The number of benzene rings is 1. The minimum Gasteiger partial charge on any atom is -0.356 e. The van der Waals surface area contributed by atoms with Crippen molar-refractivity contribution in [1.29, 1.82) is 0 Å². The number of para-hydroxylation sites is 1. The van der Waals surface area contributed by atoms with E-state index in [1.165, 1.54) is 6.92 Å². The van der Waals surface area contributed by atoms with Crippen LogP contribution in [0.4, 0.5) is 5.69 Å². The number of carbonyl (C=O) groups is 3. The smallest absolute Gasteiger partial charge is 0.238 e. The summed E-state index contributed by atoms with van der Waals surface area (Å²) in [7, 11) is 0. The number of unbranched alkanes of at least 4 members (excludes halogenated alkanes) is 2. The average molecular weight is 403 g/mol. The molecule has 0 saturated carbocycles. The molecule has 0 spiro atoms. The number of amides is 3. The third kappa shape index (κ3) is 8.23. The van der Waals surface area contributed by atoms with Gasteiger partial charge in [-0.1, -0.05) is 31.5 Å². The summed E-state index contributed by atoms with van der Waals surface area (Å²) in [4.78, 5) is 39.5. The first-order valence-electron chi connectivity index (χ1n) is 10.6. The summed E-state index contributed by atoms with van der Waals surface area (Å²) in [5.74, 6) is 0.164. The van der Waals surface area contributed by atoms with E-state index >= 15 is 0 Å². The number of rotatable bonds is 10. The molecule has 0 aliphatic carbocycles. The van der Waals surface area contributed by atoms with E-state index in [1.54, 1.807) is 0 Å². The fraction of sp³-hybridized carbons (Fsp3) is 0.591. The summed E-state index contributed by atoms with van der Waals surface area (Å²) < 4.78 is 0. The summed E-state index contributed by atoms with van der Waals surface area (Å²) in [5.41, 5.74) is 2.01. The maximum atomic E-state index is 12.4. The second-order valence-corrected chi connectivity index (χ2v) is 7.51. The van der Waals surface area contributed by atoms with E-state index in [4.69, 9.17) is 0 Å². The molecule has 1 heterocycles. The lowest BCUT2D eigenvalue weighted by Gasteiger charge is -2.34. The first-order valence-corrected chi connectivity index (χ1v) is 10.6. The first kappa shape index (κ1) is 22.9. The molecule has 1 aromatic carbocycles. The summed E-state index contributed by atoms with van der Waals surface area (Å²) in [5, 5.41) is 5.77. The van der Waals surface area contributed by atoms with Crippen LogP contribution in [0.5, 0.6) is 0 Å². The quantitative estimate of drug-likeness (QED) is 0.587. The van der Waals surface area contributed by atoms with E-state index < -0.39 is 0 Å². The zero-order valence-electron chi connectivity index (χ0n) is 17.7. The Balaban J connectivity index is 1.63. The Bertz CT molecular complexity index is 684. The van der Waals surface area contributed by atoms with Gasteiger partial charge in [0, 0.05) is 51.8 Å². The third-order valence-electron chi connectivity index (χ3n) is 5.21. The van der Waals surface area contributed by atoms with Gasteiger partial charge in [0.2, 0.25) is 17.7 Å². The molecule has 0 atom stereocenters. The summed E-state index contributed by atoms with van der Waals surface area (Å²) >= 11 is 0. The van der Waals surface area contributed by atoms with Crippen LogP contribution in [-0.4, -0.2) is 66.8 Å². The zero-order chi connectivity index (χ0) is 21.1. The molecule has 1 aliphatic heterocycles. The van der Waals surface area contributed by atoms with E-state index in [-0.39, 0.29) is 17.7 Å². The van der Waals surface area contributed by atoms with Crippen LogP contribution in [0.3, 0.4) is 0 Å². The van der Waals surface area contributed by atoms with Gasteiger partial charge in [-0.05, 0) is 30.9 Å². The van der Waals surface area contributed by atoms with Crippen LogP contribution in [0, 0.1) is 0 Å². The van der Waals surface area contributed by atoms with Gasteiger partial charge >= 0.3 is 0 Å². The molecule has 29 heavy (non-hydrogen) atoms. The van der Waals surface area contributed by atoms with E-state index in [0.717, 1.165) is 50.0 Å². The van der Waals surface area contributed by atoms with Gasteiger partial charge in [-0.15, -0.1) is 0 Å². The Morgan fingerprint density at radius 3 is 2.41 bits per heavy atom. The molecule has 2 rings (SSSR count). The van der Waals surface area contributed by atoms with Gasteiger partial charge in [0.15, 0.2) is 0 Å². The lowest BCUT2D eigenvalue weighted by Crippen LogP contribution is -2.50. The highest BCUT2D eigenvalue weighted by Crippen LogP contribution is 2.15. The van der Waals surface area contributed by atoms with Crippen molar-refractivity contribution in [3.63, 3.8) is 0 Å². The topological polar surface area (TPSA) is 81.8 Å². The van der Waals surface area contributed by atoms with Gasteiger partial charge in [0.1, 0.15) is 0 Å². The normalized spacial score (nSPS) is 14.5. The number of nitrogens with zero attached hydrogens (tertiary/aromatic N) is 2. The van der Waals surface area contributed by atoms with Crippen molar-refractivity contribution < 1.29 is 14.4 Å².